The summed E-state index contributed by atoms with van der Waals surface area (Å²) in [6, 6.07) is 16.3. The highest BCUT2D eigenvalue weighted by Crippen LogP contribution is 2.26. The third kappa shape index (κ3) is 2.44. The van der Waals surface area contributed by atoms with Crippen LogP contribution in [0.15, 0.2) is 48.5 Å². The minimum absolute atomic E-state index is 0.360. The largest absolute Gasteiger partial charge is 0.298 e. The summed E-state index contributed by atoms with van der Waals surface area (Å²) in [4.78, 5) is 11.0. The topological polar surface area (TPSA) is 17.1 Å². The number of hydrogen-bond donors (Lipinski definition) is 0. The lowest BCUT2D eigenvalue weighted by atomic mass is 9.93. The lowest BCUT2D eigenvalue weighted by Gasteiger charge is -2.11. The SMILES string of the molecule is CC(C)c1cc(-c2ccccc2)ccc1C=O. The molecule has 1 nitrogen and oxygen atoms in total. The van der Waals surface area contributed by atoms with E-state index in [0.717, 1.165) is 17.4 Å². The van der Waals surface area contributed by atoms with E-state index in [2.05, 4.69) is 32.0 Å². The molecule has 0 aromatic heterocycles. The Morgan fingerprint density at radius 3 is 2.24 bits per heavy atom. The molecule has 0 amide bonds. The van der Waals surface area contributed by atoms with Gasteiger partial charge in [-0.25, -0.2) is 0 Å². The molecule has 0 saturated carbocycles. The van der Waals surface area contributed by atoms with E-state index in [1.54, 1.807) is 0 Å². The Hall–Kier alpha value is -1.89. The number of aldehydes is 1. The van der Waals surface area contributed by atoms with Crippen molar-refractivity contribution in [1.29, 1.82) is 0 Å². The fourth-order valence-corrected chi connectivity index (χ4v) is 1.99. The van der Waals surface area contributed by atoms with E-state index in [1.165, 1.54) is 11.1 Å². The molecule has 0 aliphatic rings. The van der Waals surface area contributed by atoms with E-state index < -0.39 is 0 Å². The molecule has 0 spiro atoms. The van der Waals surface area contributed by atoms with E-state index in [4.69, 9.17) is 0 Å². The van der Waals surface area contributed by atoms with Crippen LogP contribution in [-0.2, 0) is 0 Å². The first-order chi connectivity index (χ1) is 8.22. The van der Waals surface area contributed by atoms with Crippen molar-refractivity contribution in [3.05, 3.63) is 59.7 Å². The summed E-state index contributed by atoms with van der Waals surface area (Å²) in [6.07, 6.45) is 0.935. The van der Waals surface area contributed by atoms with Crippen molar-refractivity contribution in [3.63, 3.8) is 0 Å². The number of carbonyl (C=O) groups is 1. The summed E-state index contributed by atoms with van der Waals surface area (Å²) in [5.74, 6) is 0.360. The van der Waals surface area contributed by atoms with Crippen LogP contribution in [0.25, 0.3) is 11.1 Å². The van der Waals surface area contributed by atoms with E-state index in [1.807, 2.05) is 30.3 Å². The average Bonchev–Trinajstić information content (AvgIpc) is 2.39. The second-order valence-electron chi connectivity index (χ2n) is 4.48. The molecular formula is C16H16O. The molecule has 0 bridgehead atoms. The zero-order valence-electron chi connectivity index (χ0n) is 10.2. The van der Waals surface area contributed by atoms with Crippen LogP contribution in [0.2, 0.25) is 0 Å². The maximum Gasteiger partial charge on any atom is 0.150 e. The summed E-state index contributed by atoms with van der Waals surface area (Å²) in [5, 5.41) is 0. The van der Waals surface area contributed by atoms with E-state index in [9.17, 15) is 4.79 Å². The van der Waals surface area contributed by atoms with Gasteiger partial charge in [0.15, 0.2) is 0 Å². The molecule has 0 fully saturated rings. The zero-order valence-corrected chi connectivity index (χ0v) is 10.2. The normalized spacial score (nSPS) is 10.5. The molecule has 0 aliphatic carbocycles. The van der Waals surface area contributed by atoms with Crippen molar-refractivity contribution in [2.45, 2.75) is 19.8 Å². The van der Waals surface area contributed by atoms with Gasteiger partial charge in [0.1, 0.15) is 6.29 Å². The van der Waals surface area contributed by atoms with Crippen LogP contribution >= 0.6 is 0 Å². The smallest absolute Gasteiger partial charge is 0.150 e. The lowest BCUT2D eigenvalue weighted by molar-refractivity contribution is 0.112. The Morgan fingerprint density at radius 1 is 0.941 bits per heavy atom. The minimum Gasteiger partial charge on any atom is -0.298 e. The highest BCUT2D eigenvalue weighted by Gasteiger charge is 2.07. The maximum absolute atomic E-state index is 11.0. The average molecular weight is 224 g/mol. The third-order valence-electron chi connectivity index (χ3n) is 2.94. The number of rotatable bonds is 3. The van der Waals surface area contributed by atoms with Crippen LogP contribution in [0.1, 0.15) is 35.7 Å². The van der Waals surface area contributed by atoms with Crippen molar-refractivity contribution in [2.75, 3.05) is 0 Å². The summed E-state index contributed by atoms with van der Waals surface area (Å²) >= 11 is 0. The van der Waals surface area contributed by atoms with Crippen molar-refractivity contribution in [2.24, 2.45) is 0 Å². The van der Waals surface area contributed by atoms with Gasteiger partial charge in [-0.2, -0.15) is 0 Å². The number of carbonyl (C=O) groups excluding carboxylic acids is 1. The molecule has 2 aromatic rings. The van der Waals surface area contributed by atoms with E-state index in [0.29, 0.717) is 5.92 Å². The van der Waals surface area contributed by atoms with Gasteiger partial charge in [-0.15, -0.1) is 0 Å². The first-order valence-corrected chi connectivity index (χ1v) is 5.87. The molecule has 2 rings (SSSR count). The standard InChI is InChI=1S/C16H16O/c1-12(2)16-10-14(8-9-15(16)11-17)13-6-4-3-5-7-13/h3-12H,1-2H3. The van der Waals surface area contributed by atoms with Gasteiger partial charge >= 0.3 is 0 Å². The van der Waals surface area contributed by atoms with Crippen LogP contribution in [0, 0.1) is 0 Å². The van der Waals surface area contributed by atoms with Crippen molar-refractivity contribution in [1.82, 2.24) is 0 Å². The Bertz CT molecular complexity index is 512. The van der Waals surface area contributed by atoms with Crippen molar-refractivity contribution < 1.29 is 4.79 Å². The summed E-state index contributed by atoms with van der Waals surface area (Å²) in [6.45, 7) is 4.22. The summed E-state index contributed by atoms with van der Waals surface area (Å²) in [5.41, 5.74) is 4.26. The lowest BCUT2D eigenvalue weighted by Crippen LogP contribution is -1.95. The van der Waals surface area contributed by atoms with Crippen LogP contribution in [-0.4, -0.2) is 6.29 Å². The van der Waals surface area contributed by atoms with Crippen LogP contribution in [0.3, 0.4) is 0 Å². The fraction of sp³-hybridized carbons (Fsp3) is 0.188. The number of hydrogen-bond acceptors (Lipinski definition) is 1. The fourth-order valence-electron chi connectivity index (χ4n) is 1.99. The minimum atomic E-state index is 0.360. The van der Waals surface area contributed by atoms with Gasteiger partial charge in [-0.3, -0.25) is 4.79 Å². The van der Waals surface area contributed by atoms with Gasteiger partial charge in [0.2, 0.25) is 0 Å². The van der Waals surface area contributed by atoms with Crippen molar-refractivity contribution >= 4 is 6.29 Å². The molecule has 0 unspecified atom stereocenters. The Morgan fingerprint density at radius 2 is 1.65 bits per heavy atom. The molecule has 86 valence electrons. The van der Waals surface area contributed by atoms with Gasteiger partial charge in [0.25, 0.3) is 0 Å². The van der Waals surface area contributed by atoms with Crippen LogP contribution in [0.4, 0.5) is 0 Å². The Balaban J connectivity index is 2.51. The van der Waals surface area contributed by atoms with Gasteiger partial charge in [-0.05, 0) is 22.6 Å². The highest BCUT2D eigenvalue weighted by molar-refractivity contribution is 5.80. The summed E-state index contributed by atoms with van der Waals surface area (Å²) < 4.78 is 0. The van der Waals surface area contributed by atoms with Crippen LogP contribution < -0.4 is 0 Å². The molecule has 1 heteroatoms. The predicted octanol–water partition coefficient (Wildman–Crippen LogP) is 4.29. The quantitative estimate of drug-likeness (QED) is 0.711. The van der Waals surface area contributed by atoms with Crippen LogP contribution in [0.5, 0.6) is 0 Å². The maximum atomic E-state index is 11.0. The molecule has 0 radical (unpaired) electrons. The molecule has 0 aliphatic heterocycles. The highest BCUT2D eigenvalue weighted by atomic mass is 16.1. The third-order valence-corrected chi connectivity index (χ3v) is 2.94. The Kier molecular flexibility index (Phi) is 3.38. The molecule has 0 heterocycles. The first-order valence-electron chi connectivity index (χ1n) is 5.87. The van der Waals surface area contributed by atoms with E-state index >= 15 is 0 Å². The molecule has 0 atom stereocenters. The molecule has 17 heavy (non-hydrogen) atoms. The predicted molar refractivity (Wildman–Crippen MR) is 71.4 cm³/mol. The summed E-state index contributed by atoms with van der Waals surface area (Å²) in [7, 11) is 0. The van der Waals surface area contributed by atoms with E-state index in [-0.39, 0.29) is 0 Å². The van der Waals surface area contributed by atoms with Gasteiger partial charge in [-0.1, -0.05) is 62.4 Å². The molecule has 0 N–H and O–H groups in total. The Labute approximate surface area is 102 Å². The van der Waals surface area contributed by atoms with Gasteiger partial charge in [0.05, 0.1) is 0 Å². The molecule has 2 aromatic carbocycles. The first kappa shape index (κ1) is 11.6. The zero-order chi connectivity index (χ0) is 12.3. The molecular weight excluding hydrogens is 208 g/mol. The molecule has 0 saturated heterocycles. The van der Waals surface area contributed by atoms with Gasteiger partial charge in [0, 0.05) is 5.56 Å². The van der Waals surface area contributed by atoms with Crippen molar-refractivity contribution in [3.8, 4) is 11.1 Å². The second-order valence-corrected chi connectivity index (χ2v) is 4.48. The number of benzene rings is 2. The second kappa shape index (κ2) is 4.96. The van der Waals surface area contributed by atoms with Gasteiger partial charge < -0.3 is 0 Å². The monoisotopic (exact) mass is 224 g/mol.